The lowest BCUT2D eigenvalue weighted by Gasteiger charge is -2.22. The van der Waals surface area contributed by atoms with Crippen molar-refractivity contribution in [2.24, 2.45) is 5.10 Å². The van der Waals surface area contributed by atoms with Crippen LogP contribution >= 0.6 is 31.9 Å². The Kier molecular flexibility index (Phi) is 8.22. The maximum atomic E-state index is 13.5. The zero-order valence-electron chi connectivity index (χ0n) is 19.2. The van der Waals surface area contributed by atoms with E-state index >= 15 is 0 Å². The lowest BCUT2D eigenvalue weighted by Crippen LogP contribution is -2.25. The average Bonchev–Trinajstić information content (AvgIpc) is 2.84. The van der Waals surface area contributed by atoms with Crippen LogP contribution in [-0.2, 0) is 4.79 Å². The van der Waals surface area contributed by atoms with E-state index in [0.717, 1.165) is 30.2 Å². The molecule has 0 bridgehead atoms. The fourth-order valence-electron chi connectivity index (χ4n) is 4.19. The molecular formula is C25H25Br2N3O5. The van der Waals surface area contributed by atoms with Gasteiger partial charge in [-0.15, -0.1) is 0 Å². The number of hydrogen-bond acceptors (Lipinski definition) is 6. The minimum Gasteiger partial charge on any atom is -0.490 e. The molecule has 0 saturated heterocycles. The molecule has 0 unspecified atom stereocenters. The van der Waals surface area contributed by atoms with Gasteiger partial charge in [-0.2, -0.15) is 9.78 Å². The summed E-state index contributed by atoms with van der Waals surface area (Å²) in [5.74, 6) is 0.438. The predicted molar refractivity (Wildman–Crippen MR) is 141 cm³/mol. The van der Waals surface area contributed by atoms with Crippen molar-refractivity contribution in [1.82, 2.24) is 9.66 Å². The number of carbonyl (C=O) groups is 1. The van der Waals surface area contributed by atoms with Gasteiger partial charge in [0.05, 0.1) is 23.7 Å². The van der Waals surface area contributed by atoms with Crippen molar-refractivity contribution < 1.29 is 19.4 Å². The van der Waals surface area contributed by atoms with Gasteiger partial charge in [0.1, 0.15) is 5.82 Å². The van der Waals surface area contributed by atoms with Crippen molar-refractivity contribution in [2.45, 2.75) is 44.9 Å². The normalized spacial score (nSPS) is 14.5. The molecule has 0 radical (unpaired) electrons. The van der Waals surface area contributed by atoms with Crippen LogP contribution in [0.4, 0.5) is 0 Å². The zero-order valence-corrected chi connectivity index (χ0v) is 22.3. The van der Waals surface area contributed by atoms with E-state index < -0.39 is 12.6 Å². The van der Waals surface area contributed by atoms with Crippen molar-refractivity contribution in [3.05, 3.63) is 61.0 Å². The van der Waals surface area contributed by atoms with Gasteiger partial charge in [0.25, 0.3) is 5.56 Å². The second-order valence-electron chi connectivity index (χ2n) is 8.26. The molecule has 1 N–H and O–H groups in total. The smallest absolute Gasteiger partial charge is 0.341 e. The molecule has 4 rings (SSSR count). The first kappa shape index (κ1) is 25.4. The van der Waals surface area contributed by atoms with Crippen molar-refractivity contribution in [2.75, 3.05) is 13.2 Å². The first-order chi connectivity index (χ1) is 16.9. The van der Waals surface area contributed by atoms with Crippen LogP contribution in [0.2, 0.25) is 0 Å². The Morgan fingerprint density at radius 1 is 1.17 bits per heavy atom. The van der Waals surface area contributed by atoms with Crippen molar-refractivity contribution in [1.29, 1.82) is 0 Å². The lowest BCUT2D eigenvalue weighted by atomic mass is 9.88. The van der Waals surface area contributed by atoms with Crippen LogP contribution in [0.15, 0.2) is 49.2 Å². The standard InChI is InChI=1S/C25H25Br2N3O5/c1-2-34-21-10-16(19(27)12-22(21)35-14-23(31)32)13-28-30-24(15-6-4-3-5-7-15)29-20-9-8-17(26)11-18(20)25(30)33/h8-13,15H,2-7,14H2,1H3,(H,31,32). The summed E-state index contributed by atoms with van der Waals surface area (Å²) in [4.78, 5) is 29.3. The number of carboxylic acid groups (broad SMARTS) is 1. The molecule has 3 aromatic rings. The molecule has 1 aliphatic carbocycles. The third-order valence-electron chi connectivity index (χ3n) is 5.83. The second kappa shape index (κ2) is 11.3. The van der Waals surface area contributed by atoms with Crippen LogP contribution in [0, 0.1) is 0 Å². The minimum atomic E-state index is -1.08. The summed E-state index contributed by atoms with van der Waals surface area (Å²) in [5.41, 5.74) is 1.08. The van der Waals surface area contributed by atoms with Gasteiger partial charge >= 0.3 is 5.97 Å². The summed E-state index contributed by atoms with van der Waals surface area (Å²) in [6, 6.07) is 8.83. The van der Waals surface area contributed by atoms with E-state index in [1.54, 1.807) is 24.4 Å². The van der Waals surface area contributed by atoms with Gasteiger partial charge in [-0.05, 0) is 66.0 Å². The highest BCUT2D eigenvalue weighted by Gasteiger charge is 2.22. The topological polar surface area (TPSA) is 103 Å². The number of nitrogens with zero attached hydrogens (tertiary/aromatic N) is 3. The van der Waals surface area contributed by atoms with E-state index in [1.165, 1.54) is 11.1 Å². The SMILES string of the molecule is CCOc1cc(C=Nn2c(C3CCCCC3)nc3ccc(Br)cc3c2=O)c(Br)cc1OCC(=O)O. The van der Waals surface area contributed by atoms with Gasteiger partial charge in [-0.25, -0.2) is 9.78 Å². The van der Waals surface area contributed by atoms with Crippen molar-refractivity contribution >= 4 is 54.9 Å². The summed E-state index contributed by atoms with van der Waals surface area (Å²) < 4.78 is 13.8. The van der Waals surface area contributed by atoms with Crippen LogP contribution in [0.25, 0.3) is 10.9 Å². The summed E-state index contributed by atoms with van der Waals surface area (Å²) in [6.07, 6.45) is 6.91. The van der Waals surface area contributed by atoms with Crippen LogP contribution in [0.1, 0.15) is 56.3 Å². The first-order valence-corrected chi connectivity index (χ1v) is 13.0. The Hall–Kier alpha value is -2.72. The summed E-state index contributed by atoms with van der Waals surface area (Å²) in [5, 5.41) is 14.0. The highest BCUT2D eigenvalue weighted by atomic mass is 79.9. The lowest BCUT2D eigenvalue weighted by molar-refractivity contribution is -0.139. The van der Waals surface area contributed by atoms with Gasteiger partial charge in [0.15, 0.2) is 18.1 Å². The highest BCUT2D eigenvalue weighted by molar-refractivity contribution is 9.10. The van der Waals surface area contributed by atoms with Crippen LogP contribution < -0.4 is 15.0 Å². The monoisotopic (exact) mass is 605 g/mol. The number of fused-ring (bicyclic) bond motifs is 1. The van der Waals surface area contributed by atoms with Gasteiger partial charge < -0.3 is 14.6 Å². The maximum absolute atomic E-state index is 13.5. The van der Waals surface area contributed by atoms with Crippen LogP contribution in [0.3, 0.4) is 0 Å². The molecule has 2 aromatic carbocycles. The van der Waals surface area contributed by atoms with Gasteiger partial charge in [-0.3, -0.25) is 4.79 Å². The van der Waals surface area contributed by atoms with E-state index in [2.05, 4.69) is 37.0 Å². The second-order valence-corrected chi connectivity index (χ2v) is 10.0. The van der Waals surface area contributed by atoms with E-state index in [1.807, 2.05) is 19.1 Å². The summed E-state index contributed by atoms with van der Waals surface area (Å²) in [7, 11) is 0. The molecular weight excluding hydrogens is 582 g/mol. The molecule has 1 saturated carbocycles. The number of ether oxygens (including phenoxy) is 2. The third-order valence-corrected chi connectivity index (χ3v) is 7.01. The van der Waals surface area contributed by atoms with Gasteiger partial charge in [-0.1, -0.05) is 35.2 Å². The largest absolute Gasteiger partial charge is 0.490 e. The number of rotatable bonds is 8. The molecule has 1 aliphatic rings. The fourth-order valence-corrected chi connectivity index (χ4v) is 4.98. The number of aromatic nitrogens is 2. The first-order valence-electron chi connectivity index (χ1n) is 11.4. The number of aliphatic carboxylic acids is 1. The number of benzene rings is 2. The Morgan fingerprint density at radius 2 is 1.91 bits per heavy atom. The zero-order chi connectivity index (χ0) is 24.9. The summed E-state index contributed by atoms with van der Waals surface area (Å²) >= 11 is 6.93. The molecule has 1 aromatic heterocycles. The molecule has 8 nitrogen and oxygen atoms in total. The number of hydrogen-bond donors (Lipinski definition) is 1. The molecule has 0 atom stereocenters. The molecule has 184 valence electrons. The molecule has 0 spiro atoms. The number of carboxylic acids is 1. The molecule has 0 amide bonds. The Morgan fingerprint density at radius 3 is 2.63 bits per heavy atom. The quantitative estimate of drug-likeness (QED) is 0.329. The Labute approximate surface area is 219 Å². The van der Waals surface area contributed by atoms with Crippen LogP contribution in [-0.4, -0.2) is 40.2 Å². The fraction of sp³-hybridized carbons (Fsp3) is 0.360. The average molecular weight is 607 g/mol. The molecule has 35 heavy (non-hydrogen) atoms. The highest BCUT2D eigenvalue weighted by Crippen LogP contribution is 2.34. The van der Waals surface area contributed by atoms with Crippen LogP contribution in [0.5, 0.6) is 11.5 Å². The Bertz CT molecular complexity index is 1330. The predicted octanol–water partition coefficient (Wildman–Crippen LogP) is 5.71. The van der Waals surface area contributed by atoms with Gasteiger partial charge in [0, 0.05) is 20.4 Å². The third kappa shape index (κ3) is 5.92. The number of halogens is 2. The van der Waals surface area contributed by atoms with Crippen molar-refractivity contribution in [3.63, 3.8) is 0 Å². The molecule has 0 aliphatic heterocycles. The van der Waals surface area contributed by atoms with E-state index in [0.29, 0.717) is 44.9 Å². The Balaban J connectivity index is 1.79. The van der Waals surface area contributed by atoms with Crippen molar-refractivity contribution in [3.8, 4) is 11.5 Å². The minimum absolute atomic E-state index is 0.163. The molecule has 1 fully saturated rings. The molecule has 10 heteroatoms. The molecule has 1 heterocycles. The van der Waals surface area contributed by atoms with E-state index in [-0.39, 0.29) is 11.5 Å². The van der Waals surface area contributed by atoms with Gasteiger partial charge in [0.2, 0.25) is 0 Å². The van der Waals surface area contributed by atoms with E-state index in [4.69, 9.17) is 19.6 Å². The summed E-state index contributed by atoms with van der Waals surface area (Å²) in [6.45, 7) is 1.71. The maximum Gasteiger partial charge on any atom is 0.341 e. The van der Waals surface area contributed by atoms with E-state index in [9.17, 15) is 9.59 Å².